The van der Waals surface area contributed by atoms with Crippen molar-refractivity contribution in [3.63, 3.8) is 0 Å². The van der Waals surface area contributed by atoms with Crippen LogP contribution in [0, 0.1) is 0 Å². The van der Waals surface area contributed by atoms with Crippen LogP contribution in [-0.2, 0) is 11.3 Å². The number of benzene rings is 1. The molecule has 2 heterocycles. The number of carbonyl (C=O) groups is 1. The van der Waals surface area contributed by atoms with Crippen molar-refractivity contribution < 1.29 is 9.53 Å². The fourth-order valence-electron chi connectivity index (χ4n) is 3.09. The Hall–Kier alpha value is -2.39. The van der Waals surface area contributed by atoms with E-state index in [1.165, 1.54) is 0 Å². The fraction of sp³-hybridized carbons (Fsp3) is 0.250. The highest BCUT2D eigenvalue weighted by Crippen LogP contribution is 2.33. The van der Waals surface area contributed by atoms with Crippen LogP contribution >= 0.6 is 0 Å². The number of methoxy groups -OCH3 is 1. The lowest BCUT2D eigenvalue weighted by molar-refractivity contribution is -0.124. The van der Waals surface area contributed by atoms with Crippen LogP contribution in [0.25, 0.3) is 0 Å². The zero-order valence-electron chi connectivity index (χ0n) is 13.5. The molecular formula is C20H21NO2. The molecule has 3 rings (SSSR count). The summed E-state index contributed by atoms with van der Waals surface area (Å²) in [6.45, 7) is 6.80. The Kier molecular flexibility index (Phi) is 4.05. The third kappa shape index (κ3) is 2.80. The maximum atomic E-state index is 12.5. The first-order valence-corrected chi connectivity index (χ1v) is 7.71. The van der Waals surface area contributed by atoms with Crippen LogP contribution in [0.1, 0.15) is 12.5 Å². The van der Waals surface area contributed by atoms with Gasteiger partial charge in [0, 0.05) is 6.54 Å². The van der Waals surface area contributed by atoms with Crippen molar-refractivity contribution in [2.75, 3.05) is 7.11 Å². The van der Waals surface area contributed by atoms with Crippen LogP contribution in [0.15, 0.2) is 72.9 Å². The minimum Gasteiger partial charge on any atom is -0.497 e. The van der Waals surface area contributed by atoms with Gasteiger partial charge >= 0.3 is 0 Å². The number of ketones is 1. The maximum absolute atomic E-state index is 12.5. The van der Waals surface area contributed by atoms with Crippen LogP contribution in [0.2, 0.25) is 0 Å². The van der Waals surface area contributed by atoms with Crippen molar-refractivity contribution in [2.24, 2.45) is 0 Å². The highest BCUT2D eigenvalue weighted by molar-refractivity contribution is 6.00. The first-order valence-electron chi connectivity index (χ1n) is 7.71. The Morgan fingerprint density at radius 1 is 1.22 bits per heavy atom. The highest BCUT2D eigenvalue weighted by Gasteiger charge is 2.42. The molecule has 2 unspecified atom stereocenters. The molecule has 0 spiro atoms. The molecule has 2 aliphatic heterocycles. The second-order valence-electron chi connectivity index (χ2n) is 6.08. The summed E-state index contributed by atoms with van der Waals surface area (Å²) in [6.07, 6.45) is 11.5. The first-order chi connectivity index (χ1) is 11.0. The number of nitrogens with zero attached hydrogens (tertiary/aromatic N) is 1. The van der Waals surface area contributed by atoms with Gasteiger partial charge in [0.25, 0.3) is 0 Å². The summed E-state index contributed by atoms with van der Waals surface area (Å²) in [4.78, 5) is 14.7. The third-order valence-electron chi connectivity index (χ3n) is 4.60. The summed E-state index contributed by atoms with van der Waals surface area (Å²) < 4.78 is 5.21. The van der Waals surface area contributed by atoms with E-state index in [2.05, 4.69) is 11.5 Å². The average molecular weight is 307 g/mol. The number of hydrogen-bond donors (Lipinski definition) is 0. The second-order valence-corrected chi connectivity index (χ2v) is 6.08. The second kappa shape index (κ2) is 6.01. The molecule has 0 saturated heterocycles. The molecule has 1 aromatic carbocycles. The summed E-state index contributed by atoms with van der Waals surface area (Å²) in [7, 11) is 1.66. The van der Waals surface area contributed by atoms with Gasteiger partial charge in [-0.25, -0.2) is 0 Å². The van der Waals surface area contributed by atoms with Crippen LogP contribution in [0.3, 0.4) is 0 Å². The van der Waals surface area contributed by atoms with E-state index in [1.54, 1.807) is 13.2 Å². The molecule has 0 radical (unpaired) electrons. The Bertz CT molecular complexity index is 712. The quantitative estimate of drug-likeness (QED) is 0.856. The summed E-state index contributed by atoms with van der Waals surface area (Å²) >= 11 is 0. The lowest BCUT2D eigenvalue weighted by Crippen LogP contribution is -2.57. The first kappa shape index (κ1) is 15.5. The Balaban J connectivity index is 1.99. The van der Waals surface area contributed by atoms with Gasteiger partial charge in [-0.3, -0.25) is 9.69 Å². The number of carbonyl (C=O) groups excluding carboxylic acids is 1. The van der Waals surface area contributed by atoms with E-state index in [1.807, 2.05) is 61.6 Å². The molecule has 0 amide bonds. The summed E-state index contributed by atoms with van der Waals surface area (Å²) in [5, 5.41) is 0. The van der Waals surface area contributed by atoms with E-state index in [0.29, 0.717) is 6.54 Å². The van der Waals surface area contributed by atoms with Crippen LogP contribution in [-0.4, -0.2) is 29.4 Å². The van der Waals surface area contributed by atoms with E-state index in [4.69, 9.17) is 4.74 Å². The van der Waals surface area contributed by atoms with Gasteiger partial charge in [-0.1, -0.05) is 49.1 Å². The Morgan fingerprint density at radius 2 is 1.96 bits per heavy atom. The average Bonchev–Trinajstić information content (AvgIpc) is 2.56. The molecule has 1 aromatic rings. The number of ether oxygens (including phenoxy) is 1. The minimum absolute atomic E-state index is 0.0148. The summed E-state index contributed by atoms with van der Waals surface area (Å²) in [6, 6.07) is 7.97. The van der Waals surface area contributed by atoms with Crippen molar-refractivity contribution in [1.82, 2.24) is 4.90 Å². The molecule has 2 bridgehead atoms. The van der Waals surface area contributed by atoms with Gasteiger partial charge in [0.15, 0.2) is 5.78 Å². The van der Waals surface area contributed by atoms with Crippen LogP contribution < -0.4 is 4.74 Å². The summed E-state index contributed by atoms with van der Waals surface area (Å²) in [5.74, 6) is 0.928. The van der Waals surface area contributed by atoms with Crippen molar-refractivity contribution in [2.45, 2.75) is 25.0 Å². The maximum Gasteiger partial charge on any atom is 0.179 e. The molecule has 0 aliphatic carbocycles. The molecular weight excluding hydrogens is 286 g/mol. The number of hydrogen-bond acceptors (Lipinski definition) is 3. The topological polar surface area (TPSA) is 29.5 Å². The van der Waals surface area contributed by atoms with Gasteiger partial charge in [0.2, 0.25) is 0 Å². The number of rotatable bonds is 3. The zero-order chi connectivity index (χ0) is 16.4. The van der Waals surface area contributed by atoms with Gasteiger partial charge in [-0.2, -0.15) is 0 Å². The molecule has 0 N–H and O–H groups in total. The molecule has 0 saturated carbocycles. The lowest BCUT2D eigenvalue weighted by Gasteiger charge is -2.45. The number of fused-ring (bicyclic) bond motifs is 2. The van der Waals surface area contributed by atoms with Gasteiger partial charge in [-0.05, 0) is 36.3 Å². The van der Waals surface area contributed by atoms with Crippen molar-refractivity contribution >= 4 is 5.78 Å². The van der Waals surface area contributed by atoms with Crippen molar-refractivity contribution in [1.29, 1.82) is 0 Å². The summed E-state index contributed by atoms with van der Waals surface area (Å²) in [5.41, 5.74) is 1.46. The van der Waals surface area contributed by atoms with Crippen molar-refractivity contribution in [3.05, 3.63) is 78.4 Å². The predicted molar refractivity (Wildman–Crippen MR) is 92.3 cm³/mol. The van der Waals surface area contributed by atoms with Crippen LogP contribution in [0.4, 0.5) is 0 Å². The molecule has 3 nitrogen and oxygen atoms in total. The molecule has 0 aromatic heterocycles. The van der Waals surface area contributed by atoms with Crippen LogP contribution in [0.5, 0.6) is 5.75 Å². The third-order valence-corrected chi connectivity index (χ3v) is 4.60. The van der Waals surface area contributed by atoms with Gasteiger partial charge < -0.3 is 4.74 Å². The van der Waals surface area contributed by atoms with Crippen molar-refractivity contribution in [3.8, 4) is 5.75 Å². The molecule has 2 atom stereocenters. The van der Waals surface area contributed by atoms with E-state index in [9.17, 15) is 4.79 Å². The molecule has 23 heavy (non-hydrogen) atoms. The molecule has 2 aliphatic rings. The normalized spacial score (nSPS) is 29.7. The van der Waals surface area contributed by atoms with E-state index >= 15 is 0 Å². The van der Waals surface area contributed by atoms with E-state index < -0.39 is 5.54 Å². The molecule has 0 fully saturated rings. The van der Waals surface area contributed by atoms with E-state index in [0.717, 1.165) is 16.9 Å². The highest BCUT2D eigenvalue weighted by atomic mass is 16.5. The van der Waals surface area contributed by atoms with Gasteiger partial charge in [0.1, 0.15) is 11.3 Å². The number of allylic oxidation sites excluding steroid dienone is 2. The Morgan fingerprint density at radius 3 is 2.65 bits per heavy atom. The van der Waals surface area contributed by atoms with Gasteiger partial charge in [-0.15, -0.1) is 0 Å². The molecule has 118 valence electrons. The SMILES string of the molecule is C=C1/C=C\C=C/C2(C)C(=O)C=CC1N2Cc1ccc(OC)cc1. The monoisotopic (exact) mass is 307 g/mol. The fourth-order valence-corrected chi connectivity index (χ4v) is 3.09. The standard InChI is InChI=1S/C20H21NO2/c1-15-6-4-5-13-20(2)19(22)12-11-18(15)21(20)14-16-7-9-17(23-3)10-8-16/h4-13,18H,1,14H2,2-3H3/b6-4-,13-5-. The predicted octanol–water partition coefficient (Wildman–Crippen LogP) is 3.45. The van der Waals surface area contributed by atoms with Gasteiger partial charge in [0.05, 0.1) is 13.2 Å². The Labute approximate surface area is 137 Å². The zero-order valence-corrected chi connectivity index (χ0v) is 13.5. The largest absolute Gasteiger partial charge is 0.497 e. The lowest BCUT2D eigenvalue weighted by atomic mass is 9.83. The van der Waals surface area contributed by atoms with E-state index in [-0.39, 0.29) is 11.8 Å². The smallest absolute Gasteiger partial charge is 0.179 e. The molecule has 3 heteroatoms. The minimum atomic E-state index is -0.660.